The van der Waals surface area contributed by atoms with E-state index in [2.05, 4.69) is 23.5 Å². The summed E-state index contributed by atoms with van der Waals surface area (Å²) in [5.41, 5.74) is 3.94. The van der Waals surface area contributed by atoms with Crippen LogP contribution in [0.2, 0.25) is 0 Å². The number of nitrogens with zero attached hydrogens (tertiary/aromatic N) is 3. The van der Waals surface area contributed by atoms with Gasteiger partial charge in [0.05, 0.1) is 18.3 Å². The molecule has 1 aliphatic heterocycles. The average molecular weight is 339 g/mol. The molecule has 1 aromatic heterocycles. The number of carboxylic acid groups (broad SMARTS) is 1. The smallest absolute Gasteiger partial charge is 0.335 e. The highest BCUT2D eigenvalue weighted by molar-refractivity contribution is 5.87. The molecule has 5 nitrogen and oxygen atoms in total. The van der Waals surface area contributed by atoms with Crippen LogP contribution in [0.4, 0.5) is 0 Å². The lowest BCUT2D eigenvalue weighted by Gasteiger charge is -2.33. The highest BCUT2D eigenvalue weighted by Gasteiger charge is 2.23. The first-order chi connectivity index (χ1) is 12.1. The van der Waals surface area contributed by atoms with Crippen molar-refractivity contribution >= 4 is 5.97 Å². The van der Waals surface area contributed by atoms with E-state index in [4.69, 9.17) is 0 Å². The molecule has 0 bridgehead atoms. The van der Waals surface area contributed by atoms with Crippen molar-refractivity contribution in [3.05, 3.63) is 65.5 Å². The lowest BCUT2D eigenvalue weighted by Crippen LogP contribution is -2.34. The largest absolute Gasteiger partial charge is 0.478 e. The number of carboxylic acids is 1. The summed E-state index contributed by atoms with van der Waals surface area (Å²) in [5, 5.41) is 13.6. The third-order valence-electron chi connectivity index (χ3n) is 5.01. The van der Waals surface area contributed by atoms with E-state index in [1.54, 1.807) is 6.07 Å². The second-order valence-corrected chi connectivity index (χ2v) is 6.73. The molecule has 0 aliphatic carbocycles. The third-order valence-corrected chi connectivity index (χ3v) is 5.01. The first kappa shape index (κ1) is 17.4. The van der Waals surface area contributed by atoms with Crippen LogP contribution < -0.4 is 0 Å². The molecule has 5 heteroatoms. The van der Waals surface area contributed by atoms with Crippen LogP contribution >= 0.6 is 0 Å². The Balaban J connectivity index is 1.70. The first-order valence-corrected chi connectivity index (χ1v) is 8.76. The maximum atomic E-state index is 11.2. The molecular weight excluding hydrogens is 314 g/mol. The quantitative estimate of drug-likeness (QED) is 0.819. The second-order valence-electron chi connectivity index (χ2n) is 6.73. The Hall–Kier alpha value is -2.40. The van der Waals surface area contributed by atoms with E-state index in [0.717, 1.165) is 44.6 Å². The molecule has 0 amide bonds. The number of carbonyl (C=O) groups is 1. The summed E-state index contributed by atoms with van der Waals surface area (Å²) in [6.45, 7) is 9.52. The summed E-state index contributed by atoms with van der Waals surface area (Å²) in [5.74, 6) is -0.476. The van der Waals surface area contributed by atoms with Crippen molar-refractivity contribution in [2.45, 2.75) is 38.8 Å². The van der Waals surface area contributed by atoms with E-state index in [9.17, 15) is 9.90 Å². The molecule has 132 valence electrons. The third kappa shape index (κ3) is 3.99. The van der Waals surface area contributed by atoms with Gasteiger partial charge >= 0.3 is 5.97 Å². The zero-order valence-electron chi connectivity index (χ0n) is 14.7. The Kier molecular flexibility index (Phi) is 5.34. The van der Waals surface area contributed by atoms with Crippen LogP contribution in [0, 0.1) is 6.92 Å². The van der Waals surface area contributed by atoms with Gasteiger partial charge in [0, 0.05) is 24.3 Å². The highest BCUT2D eigenvalue weighted by atomic mass is 16.4. The summed E-state index contributed by atoms with van der Waals surface area (Å²) < 4.78 is 1.97. The van der Waals surface area contributed by atoms with Gasteiger partial charge in [0.25, 0.3) is 0 Å². The van der Waals surface area contributed by atoms with E-state index in [0.29, 0.717) is 11.5 Å². The number of hydrogen-bond donors (Lipinski definition) is 1. The van der Waals surface area contributed by atoms with Gasteiger partial charge in [-0.3, -0.25) is 9.58 Å². The lowest BCUT2D eigenvalue weighted by molar-refractivity contribution is 0.0696. The minimum Gasteiger partial charge on any atom is -0.478 e. The molecule has 1 saturated heterocycles. The number of allylic oxidation sites excluding steroid dienone is 1. The zero-order valence-corrected chi connectivity index (χ0v) is 14.7. The molecule has 2 aromatic rings. The van der Waals surface area contributed by atoms with Crippen molar-refractivity contribution < 1.29 is 9.90 Å². The Morgan fingerprint density at radius 1 is 1.48 bits per heavy atom. The van der Waals surface area contributed by atoms with Crippen LogP contribution in [0.5, 0.6) is 0 Å². The number of aromatic nitrogens is 2. The minimum absolute atomic E-state index is 0.371. The van der Waals surface area contributed by atoms with Crippen molar-refractivity contribution in [2.75, 3.05) is 13.1 Å². The number of likely N-dealkylation sites (tertiary alicyclic amines) is 1. The molecule has 0 saturated carbocycles. The van der Waals surface area contributed by atoms with Crippen molar-refractivity contribution in [2.24, 2.45) is 0 Å². The average Bonchev–Trinajstić information content (AvgIpc) is 2.96. The van der Waals surface area contributed by atoms with Gasteiger partial charge in [-0.1, -0.05) is 18.2 Å². The van der Waals surface area contributed by atoms with Gasteiger partial charge in [-0.15, -0.1) is 6.58 Å². The molecule has 0 radical (unpaired) electrons. The molecule has 1 atom stereocenters. The van der Waals surface area contributed by atoms with Crippen LogP contribution in [-0.4, -0.2) is 38.8 Å². The Morgan fingerprint density at radius 2 is 2.32 bits per heavy atom. The summed E-state index contributed by atoms with van der Waals surface area (Å²) >= 11 is 0. The topological polar surface area (TPSA) is 58.4 Å². The van der Waals surface area contributed by atoms with Crippen molar-refractivity contribution in [3.63, 3.8) is 0 Å². The van der Waals surface area contributed by atoms with Gasteiger partial charge in [0.1, 0.15) is 0 Å². The fourth-order valence-electron chi connectivity index (χ4n) is 3.58. The molecule has 1 N–H and O–H groups in total. The highest BCUT2D eigenvalue weighted by Crippen LogP contribution is 2.28. The predicted octanol–water partition coefficient (Wildman–Crippen LogP) is 3.46. The molecule has 0 unspecified atom stereocenters. The fourth-order valence-corrected chi connectivity index (χ4v) is 3.58. The molecule has 2 heterocycles. The van der Waals surface area contributed by atoms with Gasteiger partial charge in [0.2, 0.25) is 0 Å². The number of piperidine rings is 1. The monoisotopic (exact) mass is 339 g/mol. The van der Waals surface area contributed by atoms with Crippen molar-refractivity contribution in [1.82, 2.24) is 14.7 Å². The SMILES string of the molecule is C=CCn1ncc(CN2CCC[C@H](c3cccc(C(=O)O)c3)C2)c1C. The molecule has 1 fully saturated rings. The van der Waals surface area contributed by atoms with E-state index in [1.165, 1.54) is 11.3 Å². The van der Waals surface area contributed by atoms with Crippen LogP contribution in [0.3, 0.4) is 0 Å². The molecule has 25 heavy (non-hydrogen) atoms. The van der Waals surface area contributed by atoms with Crippen LogP contribution in [0.15, 0.2) is 43.1 Å². The summed E-state index contributed by atoms with van der Waals surface area (Å²) in [4.78, 5) is 13.7. The van der Waals surface area contributed by atoms with E-state index >= 15 is 0 Å². The van der Waals surface area contributed by atoms with Crippen LogP contribution in [0.25, 0.3) is 0 Å². The molecule has 0 spiro atoms. The van der Waals surface area contributed by atoms with Gasteiger partial charge in [-0.2, -0.15) is 5.10 Å². The number of rotatable bonds is 6. The number of aromatic carboxylic acids is 1. The summed E-state index contributed by atoms with van der Waals surface area (Å²) in [6, 6.07) is 7.38. The van der Waals surface area contributed by atoms with E-state index < -0.39 is 5.97 Å². The Labute approximate surface area is 148 Å². The maximum Gasteiger partial charge on any atom is 0.335 e. The minimum atomic E-state index is -0.861. The maximum absolute atomic E-state index is 11.2. The molecule has 1 aromatic carbocycles. The number of benzene rings is 1. The van der Waals surface area contributed by atoms with Gasteiger partial charge in [-0.25, -0.2) is 4.79 Å². The van der Waals surface area contributed by atoms with Gasteiger partial charge in [-0.05, 0) is 49.9 Å². The summed E-state index contributed by atoms with van der Waals surface area (Å²) in [6.07, 6.45) is 6.04. The Morgan fingerprint density at radius 3 is 3.08 bits per heavy atom. The fraction of sp³-hybridized carbons (Fsp3) is 0.400. The molecule has 3 rings (SSSR count). The van der Waals surface area contributed by atoms with E-state index in [1.807, 2.05) is 35.2 Å². The van der Waals surface area contributed by atoms with Gasteiger partial charge < -0.3 is 5.11 Å². The normalized spacial score (nSPS) is 18.2. The van der Waals surface area contributed by atoms with Crippen molar-refractivity contribution in [3.8, 4) is 0 Å². The zero-order chi connectivity index (χ0) is 17.8. The predicted molar refractivity (Wildman–Crippen MR) is 97.8 cm³/mol. The van der Waals surface area contributed by atoms with Crippen LogP contribution in [-0.2, 0) is 13.1 Å². The number of hydrogen-bond acceptors (Lipinski definition) is 3. The first-order valence-electron chi connectivity index (χ1n) is 8.76. The second kappa shape index (κ2) is 7.66. The standard InChI is InChI=1S/C20H25N3O2/c1-3-9-23-15(2)19(12-21-23)14-22-10-5-8-18(13-22)16-6-4-7-17(11-16)20(24)25/h3-4,6-7,11-12,18H,1,5,8-10,13-14H2,2H3,(H,24,25)/t18-/m0/s1. The van der Waals surface area contributed by atoms with Crippen molar-refractivity contribution in [1.29, 1.82) is 0 Å². The van der Waals surface area contributed by atoms with E-state index in [-0.39, 0.29) is 0 Å². The van der Waals surface area contributed by atoms with Gasteiger partial charge in [0.15, 0.2) is 0 Å². The summed E-state index contributed by atoms with van der Waals surface area (Å²) in [7, 11) is 0. The molecule has 1 aliphatic rings. The molecular formula is C20H25N3O2. The lowest BCUT2D eigenvalue weighted by atomic mass is 9.89. The Bertz CT molecular complexity index is 766. The van der Waals surface area contributed by atoms with Crippen LogP contribution in [0.1, 0.15) is 45.9 Å².